The highest BCUT2D eigenvalue weighted by atomic mass is 16.5. The number of fused-ring (bicyclic) bond motifs is 3. The SMILES string of the molecule is O=C(O)c1cc(-c2ccc3[nH]c4c(c3c2)CCC4)no1. The van der Waals surface area contributed by atoms with Gasteiger partial charge in [-0.2, -0.15) is 0 Å². The molecule has 5 nitrogen and oxygen atoms in total. The molecule has 0 saturated heterocycles. The van der Waals surface area contributed by atoms with Crippen LogP contribution >= 0.6 is 0 Å². The van der Waals surface area contributed by atoms with Gasteiger partial charge in [-0.25, -0.2) is 4.79 Å². The van der Waals surface area contributed by atoms with E-state index in [0.29, 0.717) is 5.69 Å². The maximum Gasteiger partial charge on any atom is 0.374 e. The second-order valence-electron chi connectivity index (χ2n) is 5.08. The quantitative estimate of drug-likeness (QED) is 0.748. The standard InChI is InChI=1S/C15H12N2O3/c18-15(19)14-7-13(17-20-14)8-4-5-12-10(6-8)9-2-1-3-11(9)16-12/h4-7,16H,1-3H2,(H,18,19). The first-order valence-electron chi connectivity index (χ1n) is 6.56. The highest BCUT2D eigenvalue weighted by molar-refractivity contribution is 5.90. The Labute approximate surface area is 114 Å². The zero-order chi connectivity index (χ0) is 13.7. The second kappa shape index (κ2) is 3.96. The smallest absolute Gasteiger partial charge is 0.374 e. The number of H-pyrrole nitrogens is 1. The molecule has 2 heterocycles. The summed E-state index contributed by atoms with van der Waals surface area (Å²) in [5.74, 6) is -1.24. The van der Waals surface area contributed by atoms with Gasteiger partial charge in [-0.05, 0) is 37.0 Å². The van der Waals surface area contributed by atoms with Crippen molar-refractivity contribution in [2.24, 2.45) is 0 Å². The Kier molecular flexibility index (Phi) is 2.24. The average Bonchev–Trinajstić information content (AvgIpc) is 3.13. The molecule has 5 heteroatoms. The molecule has 0 unspecified atom stereocenters. The van der Waals surface area contributed by atoms with E-state index in [1.165, 1.54) is 29.1 Å². The van der Waals surface area contributed by atoms with Gasteiger partial charge in [0.1, 0.15) is 5.69 Å². The van der Waals surface area contributed by atoms with Crippen LogP contribution in [0.3, 0.4) is 0 Å². The number of hydrogen-bond acceptors (Lipinski definition) is 3. The molecule has 0 fully saturated rings. The van der Waals surface area contributed by atoms with Crippen LogP contribution in [0.15, 0.2) is 28.8 Å². The van der Waals surface area contributed by atoms with Gasteiger partial charge in [-0.3, -0.25) is 0 Å². The lowest BCUT2D eigenvalue weighted by molar-refractivity contribution is 0.0652. The van der Waals surface area contributed by atoms with Crippen molar-refractivity contribution < 1.29 is 14.4 Å². The summed E-state index contributed by atoms with van der Waals surface area (Å²) in [5, 5.41) is 13.9. The topological polar surface area (TPSA) is 79.1 Å². The summed E-state index contributed by atoms with van der Waals surface area (Å²) in [5.41, 5.74) is 5.26. The number of hydrogen-bond donors (Lipinski definition) is 2. The highest BCUT2D eigenvalue weighted by Gasteiger charge is 2.18. The summed E-state index contributed by atoms with van der Waals surface area (Å²) in [6.07, 6.45) is 3.39. The number of rotatable bonds is 2. The molecule has 0 radical (unpaired) electrons. The van der Waals surface area contributed by atoms with Crippen LogP contribution in [0.5, 0.6) is 0 Å². The van der Waals surface area contributed by atoms with E-state index in [1.807, 2.05) is 12.1 Å². The third-order valence-corrected chi connectivity index (χ3v) is 3.86. The maximum atomic E-state index is 10.8. The van der Waals surface area contributed by atoms with Crippen molar-refractivity contribution in [3.05, 3.63) is 41.3 Å². The molecule has 0 saturated carbocycles. The Hall–Kier alpha value is -2.56. The van der Waals surface area contributed by atoms with Crippen LogP contribution in [-0.4, -0.2) is 21.2 Å². The lowest BCUT2D eigenvalue weighted by Gasteiger charge is -1.98. The predicted molar refractivity (Wildman–Crippen MR) is 72.8 cm³/mol. The molecule has 1 aliphatic carbocycles. The van der Waals surface area contributed by atoms with Crippen molar-refractivity contribution >= 4 is 16.9 Å². The molecule has 2 N–H and O–H groups in total. The zero-order valence-electron chi connectivity index (χ0n) is 10.6. The lowest BCUT2D eigenvalue weighted by Crippen LogP contribution is -1.91. The number of nitrogens with one attached hydrogen (secondary N) is 1. The fourth-order valence-corrected chi connectivity index (χ4v) is 2.92. The summed E-state index contributed by atoms with van der Waals surface area (Å²) in [6, 6.07) is 7.45. The van der Waals surface area contributed by atoms with Crippen LogP contribution < -0.4 is 0 Å². The molecule has 0 spiro atoms. The summed E-state index contributed by atoms with van der Waals surface area (Å²) < 4.78 is 4.81. The average molecular weight is 268 g/mol. The van der Waals surface area contributed by atoms with E-state index in [9.17, 15) is 4.79 Å². The molecule has 0 atom stereocenters. The molecule has 0 amide bonds. The summed E-state index contributed by atoms with van der Waals surface area (Å²) in [6.45, 7) is 0. The molecule has 1 aromatic carbocycles. The first-order chi connectivity index (χ1) is 9.72. The van der Waals surface area contributed by atoms with E-state index in [1.54, 1.807) is 0 Å². The molecule has 0 bridgehead atoms. The predicted octanol–water partition coefficient (Wildman–Crippen LogP) is 3.01. The Bertz CT molecular complexity index is 829. The number of carbonyl (C=O) groups is 1. The van der Waals surface area contributed by atoms with E-state index in [4.69, 9.17) is 9.63 Å². The van der Waals surface area contributed by atoms with E-state index in [2.05, 4.69) is 16.2 Å². The molecular weight excluding hydrogens is 256 g/mol. The Morgan fingerprint density at radius 2 is 2.20 bits per heavy atom. The van der Waals surface area contributed by atoms with E-state index in [0.717, 1.165) is 23.9 Å². The number of carboxylic acid groups (broad SMARTS) is 1. The van der Waals surface area contributed by atoms with Crippen molar-refractivity contribution in [1.29, 1.82) is 0 Å². The van der Waals surface area contributed by atoms with Gasteiger partial charge < -0.3 is 14.6 Å². The van der Waals surface area contributed by atoms with Gasteiger partial charge in [0, 0.05) is 28.2 Å². The van der Waals surface area contributed by atoms with Gasteiger partial charge in [0.05, 0.1) is 0 Å². The van der Waals surface area contributed by atoms with Crippen LogP contribution in [0, 0.1) is 0 Å². The van der Waals surface area contributed by atoms with Crippen molar-refractivity contribution in [1.82, 2.24) is 10.1 Å². The molecule has 1 aliphatic rings. The fourth-order valence-electron chi connectivity index (χ4n) is 2.92. The summed E-state index contributed by atoms with van der Waals surface area (Å²) in [4.78, 5) is 14.3. The number of aryl methyl sites for hydroxylation is 2. The highest BCUT2D eigenvalue weighted by Crippen LogP contribution is 2.32. The van der Waals surface area contributed by atoms with E-state index in [-0.39, 0.29) is 5.76 Å². The van der Waals surface area contributed by atoms with Gasteiger partial charge in [-0.15, -0.1) is 0 Å². The minimum atomic E-state index is -1.10. The zero-order valence-corrected chi connectivity index (χ0v) is 10.6. The van der Waals surface area contributed by atoms with E-state index >= 15 is 0 Å². The van der Waals surface area contributed by atoms with Crippen LogP contribution in [0.4, 0.5) is 0 Å². The van der Waals surface area contributed by atoms with Crippen LogP contribution in [-0.2, 0) is 12.8 Å². The number of carboxylic acids is 1. The Morgan fingerprint density at radius 1 is 1.30 bits per heavy atom. The fraction of sp³-hybridized carbons (Fsp3) is 0.200. The van der Waals surface area contributed by atoms with E-state index < -0.39 is 5.97 Å². The summed E-state index contributed by atoms with van der Waals surface area (Å²) >= 11 is 0. The molecular formula is C15H12N2O3. The number of benzene rings is 1. The van der Waals surface area contributed by atoms with Crippen molar-refractivity contribution in [3.8, 4) is 11.3 Å². The number of aromatic nitrogens is 2. The Morgan fingerprint density at radius 3 is 3.00 bits per heavy atom. The van der Waals surface area contributed by atoms with Crippen molar-refractivity contribution in [2.45, 2.75) is 19.3 Å². The maximum absolute atomic E-state index is 10.8. The van der Waals surface area contributed by atoms with Gasteiger partial charge >= 0.3 is 5.97 Å². The monoisotopic (exact) mass is 268 g/mol. The molecule has 0 aliphatic heterocycles. The van der Waals surface area contributed by atoms with Crippen LogP contribution in [0.2, 0.25) is 0 Å². The van der Waals surface area contributed by atoms with Crippen LogP contribution in [0.25, 0.3) is 22.2 Å². The normalized spacial score (nSPS) is 13.8. The summed E-state index contributed by atoms with van der Waals surface area (Å²) in [7, 11) is 0. The van der Waals surface area contributed by atoms with Gasteiger partial charge in [-0.1, -0.05) is 11.2 Å². The number of nitrogens with zero attached hydrogens (tertiary/aromatic N) is 1. The first-order valence-corrected chi connectivity index (χ1v) is 6.56. The van der Waals surface area contributed by atoms with Gasteiger partial charge in [0.2, 0.25) is 5.76 Å². The Balaban J connectivity index is 1.85. The minimum Gasteiger partial charge on any atom is -0.475 e. The second-order valence-corrected chi connectivity index (χ2v) is 5.08. The molecule has 100 valence electrons. The number of aromatic amines is 1. The third kappa shape index (κ3) is 1.56. The minimum absolute atomic E-state index is 0.139. The van der Waals surface area contributed by atoms with Gasteiger partial charge in [0.15, 0.2) is 0 Å². The largest absolute Gasteiger partial charge is 0.475 e. The lowest BCUT2D eigenvalue weighted by atomic mass is 10.1. The third-order valence-electron chi connectivity index (χ3n) is 3.86. The molecule has 2 aromatic heterocycles. The first kappa shape index (κ1) is 11.3. The molecule has 20 heavy (non-hydrogen) atoms. The van der Waals surface area contributed by atoms with Gasteiger partial charge in [0.25, 0.3) is 0 Å². The van der Waals surface area contributed by atoms with Crippen LogP contribution in [0.1, 0.15) is 28.2 Å². The number of aromatic carboxylic acids is 1. The van der Waals surface area contributed by atoms with Crippen molar-refractivity contribution in [3.63, 3.8) is 0 Å². The van der Waals surface area contributed by atoms with Crippen molar-refractivity contribution in [2.75, 3.05) is 0 Å². The molecule has 4 rings (SSSR count). The molecule has 3 aromatic rings.